The van der Waals surface area contributed by atoms with Gasteiger partial charge in [0, 0.05) is 23.7 Å². The predicted molar refractivity (Wildman–Crippen MR) is 110 cm³/mol. The van der Waals surface area contributed by atoms with Crippen molar-refractivity contribution in [1.82, 2.24) is 0 Å². The minimum absolute atomic E-state index is 0.197. The summed E-state index contributed by atoms with van der Waals surface area (Å²) >= 11 is 2.22. The minimum atomic E-state index is -1.08. The Labute approximate surface area is 173 Å². The van der Waals surface area contributed by atoms with Crippen LogP contribution in [-0.4, -0.2) is 24.5 Å². The van der Waals surface area contributed by atoms with E-state index >= 15 is 0 Å². The number of rotatable bonds is 3. The Morgan fingerprint density at radius 2 is 1.96 bits per heavy atom. The number of carbonyl (C=O) groups excluding carboxylic acids is 2. The van der Waals surface area contributed by atoms with E-state index in [1.807, 2.05) is 24.3 Å². The number of Topliss-reactive ketones (excluding diaryl/α,β-unsaturated/α-hetero) is 1. The van der Waals surface area contributed by atoms with Gasteiger partial charge in [0.15, 0.2) is 0 Å². The molecule has 0 unspecified atom stereocenters. The molecule has 1 aromatic carbocycles. The summed E-state index contributed by atoms with van der Waals surface area (Å²) in [5, 5.41) is 0. The lowest BCUT2D eigenvalue weighted by Crippen LogP contribution is -2.68. The Kier molecular flexibility index (Phi) is 4.44. The molecule has 0 aromatic heterocycles. The number of para-hydroxylation sites is 1. The van der Waals surface area contributed by atoms with Crippen molar-refractivity contribution in [2.45, 2.75) is 51.6 Å². The van der Waals surface area contributed by atoms with Gasteiger partial charge in [0.05, 0.1) is 10.7 Å². The van der Waals surface area contributed by atoms with E-state index in [-0.39, 0.29) is 22.7 Å². The van der Waals surface area contributed by atoms with Crippen LogP contribution in [0, 0.1) is 20.3 Å². The van der Waals surface area contributed by atoms with Gasteiger partial charge >= 0.3 is 5.97 Å². The van der Waals surface area contributed by atoms with E-state index in [1.54, 1.807) is 0 Å². The highest BCUT2D eigenvalue weighted by atomic mass is 127. The average Bonchev–Trinajstić information content (AvgIpc) is 2.63. The maximum Gasteiger partial charge on any atom is 0.354 e. The Balaban J connectivity index is 1.77. The molecule has 0 N–H and O–H groups in total. The number of carbonyl (C=O) groups is 2. The van der Waals surface area contributed by atoms with Crippen molar-refractivity contribution in [2.75, 3.05) is 7.11 Å². The lowest BCUT2D eigenvalue weighted by molar-refractivity contribution is -0.177. The third-order valence-electron chi connectivity index (χ3n) is 7.10. The quantitative estimate of drug-likeness (QED) is 0.358. The summed E-state index contributed by atoms with van der Waals surface area (Å²) in [6, 6.07) is 7.71. The number of hydrogen-bond acceptors (Lipinski definition) is 4. The van der Waals surface area contributed by atoms with Gasteiger partial charge in [-0.1, -0.05) is 32.1 Å². The van der Waals surface area contributed by atoms with E-state index in [9.17, 15) is 9.59 Å². The zero-order valence-electron chi connectivity index (χ0n) is 16.0. The maximum absolute atomic E-state index is 12.9. The monoisotopic (exact) mass is 480 g/mol. The number of benzene rings is 1. The van der Waals surface area contributed by atoms with Crippen molar-refractivity contribution in [1.29, 1.82) is 0 Å². The van der Waals surface area contributed by atoms with E-state index in [1.165, 1.54) is 7.11 Å². The van der Waals surface area contributed by atoms with Crippen LogP contribution in [0.1, 0.15) is 46.0 Å². The lowest BCUT2D eigenvalue weighted by atomic mass is 9.41. The first-order chi connectivity index (χ1) is 12.8. The highest BCUT2D eigenvalue weighted by Crippen LogP contribution is 2.68. The fraction of sp³-hybridized carbons (Fsp3) is 0.545. The highest BCUT2D eigenvalue weighted by molar-refractivity contribution is 14.1. The molecule has 0 heterocycles. The summed E-state index contributed by atoms with van der Waals surface area (Å²) in [5.74, 6) is 0.961. The van der Waals surface area contributed by atoms with Crippen molar-refractivity contribution >= 4 is 34.3 Å². The Morgan fingerprint density at radius 1 is 1.22 bits per heavy atom. The zero-order valence-corrected chi connectivity index (χ0v) is 18.2. The van der Waals surface area contributed by atoms with Crippen LogP contribution < -0.4 is 4.74 Å². The molecule has 0 radical (unpaired) electrons. The van der Waals surface area contributed by atoms with Crippen LogP contribution >= 0.6 is 22.6 Å². The average molecular weight is 480 g/mol. The number of halogens is 1. The van der Waals surface area contributed by atoms with Gasteiger partial charge in [-0.05, 0) is 65.5 Å². The second kappa shape index (κ2) is 6.33. The molecule has 4 nitrogen and oxygen atoms in total. The topological polar surface area (TPSA) is 52.6 Å². The van der Waals surface area contributed by atoms with Gasteiger partial charge in [-0.25, -0.2) is 4.79 Å². The second-order valence-electron chi connectivity index (χ2n) is 8.55. The number of hydrogen-bond donors (Lipinski definition) is 0. The van der Waals surface area contributed by atoms with Crippen molar-refractivity contribution in [2.24, 2.45) is 16.7 Å². The van der Waals surface area contributed by atoms with Gasteiger partial charge in [-0.15, -0.1) is 0 Å². The van der Waals surface area contributed by atoms with Gasteiger partial charge in [-0.2, -0.15) is 0 Å². The molecule has 2 fully saturated rings. The fourth-order valence-electron chi connectivity index (χ4n) is 5.82. The first-order valence-corrected chi connectivity index (χ1v) is 10.6. The second-order valence-corrected chi connectivity index (χ2v) is 9.71. The maximum atomic E-state index is 12.9. The van der Waals surface area contributed by atoms with E-state index in [0.717, 1.165) is 22.0 Å². The van der Waals surface area contributed by atoms with Gasteiger partial charge in [0.2, 0.25) is 5.60 Å². The van der Waals surface area contributed by atoms with Crippen LogP contribution in [0.3, 0.4) is 0 Å². The Morgan fingerprint density at radius 3 is 2.67 bits per heavy atom. The number of esters is 1. The number of ketones is 1. The minimum Gasteiger partial charge on any atom is -0.470 e. The Bertz CT molecular complexity index is 846. The highest BCUT2D eigenvalue weighted by Gasteiger charge is 2.71. The molecule has 3 aliphatic carbocycles. The molecule has 2 saturated carbocycles. The first-order valence-electron chi connectivity index (χ1n) is 9.54. The van der Waals surface area contributed by atoms with Crippen molar-refractivity contribution < 1.29 is 19.1 Å². The lowest BCUT2D eigenvalue weighted by Gasteiger charge is -2.64. The zero-order chi connectivity index (χ0) is 19.4. The number of allylic oxidation sites excluding steroid dienone is 1. The summed E-state index contributed by atoms with van der Waals surface area (Å²) in [4.78, 5) is 25.6. The van der Waals surface area contributed by atoms with Crippen LogP contribution in [-0.2, 0) is 14.3 Å². The molecule has 5 heteroatoms. The molecule has 4 atom stereocenters. The van der Waals surface area contributed by atoms with Gasteiger partial charge < -0.3 is 9.47 Å². The molecule has 27 heavy (non-hydrogen) atoms. The van der Waals surface area contributed by atoms with Gasteiger partial charge in [-0.3, -0.25) is 4.79 Å². The molecule has 144 valence electrons. The summed E-state index contributed by atoms with van der Waals surface area (Å²) < 4.78 is 12.5. The Hall–Kier alpha value is -1.37. The molecule has 0 aliphatic heterocycles. The van der Waals surface area contributed by atoms with Crippen molar-refractivity contribution in [3.8, 4) is 5.75 Å². The molecule has 0 amide bonds. The summed E-state index contributed by atoms with van der Waals surface area (Å²) in [7, 11) is 1.41. The van der Waals surface area contributed by atoms with Crippen LogP contribution in [0.5, 0.6) is 5.75 Å². The SMILES string of the molecule is COC(=O)[C@@]1(Oc2ccccc2I)C[C@]2(C)C1=CC[C@]1(C)C(=O)CCC[C@H]12. The van der Waals surface area contributed by atoms with Crippen LogP contribution in [0.25, 0.3) is 0 Å². The molecule has 0 saturated heterocycles. The molecule has 0 spiro atoms. The first kappa shape index (κ1) is 19.0. The van der Waals surface area contributed by atoms with Crippen LogP contribution in [0.4, 0.5) is 0 Å². The smallest absolute Gasteiger partial charge is 0.354 e. The summed E-state index contributed by atoms with van der Waals surface area (Å²) in [6.07, 6.45) is 5.95. The van der Waals surface area contributed by atoms with E-state index in [4.69, 9.17) is 9.47 Å². The third-order valence-corrected chi connectivity index (χ3v) is 8.00. The van der Waals surface area contributed by atoms with Gasteiger partial charge in [0.25, 0.3) is 0 Å². The molecule has 1 aromatic rings. The fourth-order valence-corrected chi connectivity index (χ4v) is 6.32. The standard InChI is InChI=1S/C22H25IO4/c1-20-12-11-17-21(2,16(20)9-6-10-18(20)24)13-22(17,19(25)26-3)27-15-8-5-4-7-14(15)23/h4-5,7-8,11,16H,6,9-10,12-13H2,1-3H3/t16-,20+,21+,22-/m1/s1. The number of fused-ring (bicyclic) bond motifs is 3. The summed E-state index contributed by atoms with van der Waals surface area (Å²) in [5.41, 5.74) is -0.594. The van der Waals surface area contributed by atoms with Crippen molar-refractivity contribution in [3.05, 3.63) is 39.5 Å². The third kappa shape index (κ3) is 2.53. The van der Waals surface area contributed by atoms with E-state index in [0.29, 0.717) is 30.8 Å². The largest absolute Gasteiger partial charge is 0.470 e. The molecule has 3 aliphatic rings. The molecule has 0 bridgehead atoms. The molecular formula is C22H25IO4. The molecule has 4 rings (SSSR count). The van der Waals surface area contributed by atoms with E-state index in [2.05, 4.69) is 42.5 Å². The van der Waals surface area contributed by atoms with Crippen molar-refractivity contribution in [3.63, 3.8) is 0 Å². The molecular weight excluding hydrogens is 455 g/mol. The van der Waals surface area contributed by atoms with Crippen LogP contribution in [0.15, 0.2) is 35.9 Å². The predicted octanol–water partition coefficient (Wildman–Crippen LogP) is 4.70. The number of methoxy groups -OCH3 is 1. The summed E-state index contributed by atoms with van der Waals surface area (Å²) in [6.45, 7) is 4.30. The number of ether oxygens (including phenoxy) is 2. The van der Waals surface area contributed by atoms with E-state index < -0.39 is 5.60 Å². The normalized spacial score (nSPS) is 37.4. The van der Waals surface area contributed by atoms with Gasteiger partial charge in [0.1, 0.15) is 11.5 Å². The van der Waals surface area contributed by atoms with Crippen LogP contribution in [0.2, 0.25) is 0 Å².